The Labute approximate surface area is 216 Å². The highest BCUT2D eigenvalue weighted by molar-refractivity contribution is 6.74. The zero-order valence-electron chi connectivity index (χ0n) is 22.8. The van der Waals surface area contributed by atoms with E-state index in [-0.39, 0.29) is 17.2 Å². The van der Waals surface area contributed by atoms with Crippen molar-refractivity contribution in [2.45, 2.75) is 83.5 Å². The van der Waals surface area contributed by atoms with Gasteiger partial charge in [-0.25, -0.2) is 9.97 Å². The second-order valence-corrected chi connectivity index (χ2v) is 15.4. The molecule has 3 aromatic rings. The van der Waals surface area contributed by atoms with Crippen molar-refractivity contribution >= 4 is 8.32 Å². The predicted octanol–water partition coefficient (Wildman–Crippen LogP) is 7.40. The maximum atomic E-state index is 6.81. The Kier molecular flexibility index (Phi) is 9.67. The molecule has 2 aromatic heterocycles. The smallest absolute Gasteiger partial charge is 0.319 e. The molecule has 1 unspecified atom stereocenters. The first-order chi connectivity index (χ1) is 17.1. The SMILES string of the molecule is COc1ncc(-c2cnc(C(CCCCCCc3ccccc3)O[Si](C)(C)C(C)(C)C)o2)c(OC)n1. The summed E-state index contributed by atoms with van der Waals surface area (Å²) >= 11 is 0. The largest absolute Gasteiger partial charge is 0.480 e. The number of unbranched alkanes of at least 4 members (excludes halogenated alkanes) is 3. The Morgan fingerprint density at radius 2 is 1.64 bits per heavy atom. The van der Waals surface area contributed by atoms with Crippen LogP contribution in [-0.2, 0) is 10.8 Å². The summed E-state index contributed by atoms with van der Waals surface area (Å²) in [5.41, 5.74) is 2.03. The summed E-state index contributed by atoms with van der Waals surface area (Å²) in [6.07, 6.45) is 9.72. The van der Waals surface area contributed by atoms with Crippen LogP contribution in [0.5, 0.6) is 11.9 Å². The third-order valence-corrected chi connectivity index (χ3v) is 11.4. The van der Waals surface area contributed by atoms with Gasteiger partial charge in [-0.3, -0.25) is 0 Å². The lowest BCUT2D eigenvalue weighted by molar-refractivity contribution is 0.139. The molecule has 0 amide bonds. The Balaban J connectivity index is 1.69. The fraction of sp³-hybridized carbons (Fsp3) is 0.536. The molecule has 0 N–H and O–H groups in total. The van der Waals surface area contributed by atoms with E-state index in [1.165, 1.54) is 25.5 Å². The molecule has 0 aliphatic heterocycles. The van der Waals surface area contributed by atoms with Gasteiger partial charge in [0.25, 0.3) is 0 Å². The first kappa shape index (κ1) is 27.9. The molecule has 0 aliphatic rings. The van der Waals surface area contributed by atoms with Gasteiger partial charge in [-0.15, -0.1) is 0 Å². The molecular formula is C28H41N3O4Si. The lowest BCUT2D eigenvalue weighted by Crippen LogP contribution is -2.41. The van der Waals surface area contributed by atoms with E-state index in [2.05, 4.69) is 79.1 Å². The molecule has 1 aromatic carbocycles. The topological polar surface area (TPSA) is 79.5 Å². The van der Waals surface area contributed by atoms with Crippen molar-refractivity contribution < 1.29 is 18.3 Å². The molecule has 0 spiro atoms. The van der Waals surface area contributed by atoms with Crippen molar-refractivity contribution in [3.05, 3.63) is 54.2 Å². The zero-order chi connectivity index (χ0) is 26.2. The highest BCUT2D eigenvalue weighted by Crippen LogP contribution is 2.41. The van der Waals surface area contributed by atoms with Crippen LogP contribution in [-0.4, -0.2) is 37.5 Å². The fourth-order valence-electron chi connectivity index (χ4n) is 3.76. The molecule has 0 aliphatic carbocycles. The number of ether oxygens (including phenoxy) is 2. The number of methoxy groups -OCH3 is 2. The van der Waals surface area contributed by atoms with Crippen LogP contribution in [0.1, 0.15) is 70.4 Å². The standard InChI is InChI=1S/C28H41N3O4Si/c1-28(2,3)36(6,7)35-23(18-14-9-8-11-15-21-16-12-10-13-17-21)26-29-20-24(34-26)22-19-30-27(33-5)31-25(22)32-4/h10,12-13,16-17,19-20,23H,8-9,11,14-15,18H2,1-7H3. The van der Waals surface area contributed by atoms with Crippen LogP contribution in [0.25, 0.3) is 11.3 Å². The summed E-state index contributed by atoms with van der Waals surface area (Å²) < 4.78 is 23.6. The Hall–Kier alpha value is -2.71. The molecule has 8 heteroatoms. The van der Waals surface area contributed by atoms with Crippen molar-refractivity contribution in [3.63, 3.8) is 0 Å². The summed E-state index contributed by atoms with van der Waals surface area (Å²) in [5, 5.41) is 0.0867. The van der Waals surface area contributed by atoms with E-state index in [1.807, 2.05) is 0 Å². The van der Waals surface area contributed by atoms with Gasteiger partial charge in [0.2, 0.25) is 11.8 Å². The van der Waals surface area contributed by atoms with E-state index in [0.717, 1.165) is 25.7 Å². The van der Waals surface area contributed by atoms with Gasteiger partial charge in [0.05, 0.1) is 26.0 Å². The van der Waals surface area contributed by atoms with E-state index >= 15 is 0 Å². The summed E-state index contributed by atoms with van der Waals surface area (Å²) in [6, 6.07) is 10.9. The van der Waals surface area contributed by atoms with Crippen molar-refractivity contribution in [2.24, 2.45) is 0 Å². The van der Waals surface area contributed by atoms with E-state index in [9.17, 15) is 0 Å². The Morgan fingerprint density at radius 3 is 2.31 bits per heavy atom. The third kappa shape index (κ3) is 7.40. The van der Waals surface area contributed by atoms with Crippen molar-refractivity contribution in [3.8, 4) is 23.2 Å². The lowest BCUT2D eigenvalue weighted by atomic mass is 10.0. The number of hydrogen-bond acceptors (Lipinski definition) is 7. The number of rotatable bonds is 13. The van der Waals surface area contributed by atoms with Crippen LogP contribution < -0.4 is 9.47 Å². The fourth-order valence-corrected chi connectivity index (χ4v) is 5.04. The van der Waals surface area contributed by atoms with Gasteiger partial charge < -0.3 is 18.3 Å². The summed E-state index contributed by atoms with van der Waals surface area (Å²) in [6.45, 7) is 11.3. The summed E-state index contributed by atoms with van der Waals surface area (Å²) in [4.78, 5) is 13.1. The van der Waals surface area contributed by atoms with Crippen LogP contribution in [0.15, 0.2) is 47.1 Å². The maximum Gasteiger partial charge on any atom is 0.319 e. The second kappa shape index (κ2) is 12.5. The van der Waals surface area contributed by atoms with Gasteiger partial charge in [0.15, 0.2) is 14.1 Å². The average Bonchev–Trinajstić information content (AvgIpc) is 3.35. The molecule has 36 heavy (non-hydrogen) atoms. The lowest BCUT2D eigenvalue weighted by Gasteiger charge is -2.38. The van der Waals surface area contributed by atoms with Gasteiger partial charge in [-0.1, -0.05) is 70.4 Å². The first-order valence-corrected chi connectivity index (χ1v) is 15.7. The van der Waals surface area contributed by atoms with E-state index < -0.39 is 8.32 Å². The Bertz CT molecular complexity index is 1080. The molecule has 196 valence electrons. The molecule has 1 atom stereocenters. The molecule has 7 nitrogen and oxygen atoms in total. The van der Waals surface area contributed by atoms with E-state index in [4.69, 9.17) is 18.3 Å². The van der Waals surface area contributed by atoms with Crippen molar-refractivity contribution in [2.75, 3.05) is 14.2 Å². The van der Waals surface area contributed by atoms with Crippen LogP contribution in [0.2, 0.25) is 18.1 Å². The minimum Gasteiger partial charge on any atom is -0.480 e. The second-order valence-electron chi connectivity index (χ2n) is 10.6. The molecule has 0 fully saturated rings. The number of aryl methyl sites for hydroxylation is 1. The number of hydrogen-bond donors (Lipinski definition) is 0. The summed E-state index contributed by atoms with van der Waals surface area (Å²) in [5.74, 6) is 1.53. The van der Waals surface area contributed by atoms with Crippen LogP contribution in [0.3, 0.4) is 0 Å². The van der Waals surface area contributed by atoms with Crippen molar-refractivity contribution in [1.82, 2.24) is 15.0 Å². The number of nitrogens with zero attached hydrogens (tertiary/aromatic N) is 3. The molecule has 3 rings (SSSR count). The molecule has 0 radical (unpaired) electrons. The molecule has 0 saturated carbocycles. The normalized spacial score (nSPS) is 13.0. The Morgan fingerprint density at radius 1 is 0.917 bits per heavy atom. The molecule has 2 heterocycles. The average molecular weight is 512 g/mol. The van der Waals surface area contributed by atoms with Gasteiger partial charge >= 0.3 is 6.01 Å². The van der Waals surface area contributed by atoms with Gasteiger partial charge in [0.1, 0.15) is 6.10 Å². The minimum absolute atomic E-state index is 0.0867. The maximum absolute atomic E-state index is 6.81. The minimum atomic E-state index is -2.04. The quantitative estimate of drug-likeness (QED) is 0.175. The van der Waals surface area contributed by atoms with Crippen LogP contribution >= 0.6 is 0 Å². The highest BCUT2D eigenvalue weighted by Gasteiger charge is 2.40. The van der Waals surface area contributed by atoms with Crippen LogP contribution in [0, 0.1) is 0 Å². The number of oxazole rings is 1. The van der Waals surface area contributed by atoms with Gasteiger partial charge in [-0.2, -0.15) is 4.98 Å². The number of aromatic nitrogens is 3. The molecular weight excluding hydrogens is 470 g/mol. The number of benzene rings is 1. The van der Waals surface area contributed by atoms with E-state index in [0.29, 0.717) is 23.1 Å². The van der Waals surface area contributed by atoms with E-state index in [1.54, 1.807) is 19.5 Å². The van der Waals surface area contributed by atoms with Crippen LogP contribution in [0.4, 0.5) is 0 Å². The molecule has 0 bridgehead atoms. The van der Waals surface area contributed by atoms with Crippen molar-refractivity contribution in [1.29, 1.82) is 0 Å². The van der Waals surface area contributed by atoms with Gasteiger partial charge in [-0.05, 0) is 43.0 Å². The monoisotopic (exact) mass is 511 g/mol. The van der Waals surface area contributed by atoms with Gasteiger partial charge in [0, 0.05) is 6.20 Å². The third-order valence-electron chi connectivity index (χ3n) is 6.94. The summed E-state index contributed by atoms with van der Waals surface area (Å²) in [7, 11) is 1.04. The zero-order valence-corrected chi connectivity index (χ0v) is 23.8. The predicted molar refractivity (Wildman–Crippen MR) is 145 cm³/mol. The first-order valence-electron chi connectivity index (χ1n) is 12.8. The highest BCUT2D eigenvalue weighted by atomic mass is 28.4. The molecule has 0 saturated heterocycles.